The molecule has 0 aliphatic carbocycles. The highest BCUT2D eigenvalue weighted by Crippen LogP contribution is 2.28. The maximum Gasteiger partial charge on any atom is 0.245 e. The molecule has 0 spiro atoms. The van der Waals surface area contributed by atoms with Gasteiger partial charge in [0.25, 0.3) is 0 Å². The van der Waals surface area contributed by atoms with Crippen molar-refractivity contribution in [1.29, 1.82) is 0 Å². The summed E-state index contributed by atoms with van der Waals surface area (Å²) in [4.78, 5) is 41.4. The normalized spacial score (nSPS) is 14.8. The summed E-state index contributed by atoms with van der Waals surface area (Å²) in [5.74, 6) is -1.12. The zero-order valence-corrected chi connectivity index (χ0v) is 17.0. The molecule has 1 aliphatic rings. The highest BCUT2D eigenvalue weighted by atomic mass is 32.1. The number of rotatable bonds is 5. The standard InChI is InChI=1S/C20H23FN4O3S/c1-13(26)22-14-7-8-15(16(21)10-14)17-12-29-20(23-17)24-18(27)11-25-9-5-3-2-4-6-19(25)28/h7-8,10,12H,2-6,9,11H2,1H3,(H,22,26)(H,23,24,27). The van der Waals surface area contributed by atoms with Crippen LogP contribution < -0.4 is 10.6 Å². The molecule has 2 aromatic rings. The molecule has 3 amide bonds. The van der Waals surface area contributed by atoms with Crippen molar-refractivity contribution >= 4 is 39.9 Å². The monoisotopic (exact) mass is 418 g/mol. The molecular weight excluding hydrogens is 395 g/mol. The molecule has 29 heavy (non-hydrogen) atoms. The number of nitrogens with zero attached hydrogens (tertiary/aromatic N) is 2. The first-order valence-electron chi connectivity index (χ1n) is 9.53. The Morgan fingerprint density at radius 1 is 1.21 bits per heavy atom. The third kappa shape index (κ3) is 5.83. The van der Waals surface area contributed by atoms with E-state index in [1.807, 2.05) is 0 Å². The molecule has 0 atom stereocenters. The van der Waals surface area contributed by atoms with Crippen molar-refractivity contribution in [3.8, 4) is 11.3 Å². The van der Waals surface area contributed by atoms with Crippen LogP contribution in [0.1, 0.15) is 39.0 Å². The minimum atomic E-state index is -0.523. The van der Waals surface area contributed by atoms with Crippen molar-refractivity contribution in [3.05, 3.63) is 29.4 Å². The van der Waals surface area contributed by atoms with Crippen LogP contribution in [0.4, 0.5) is 15.2 Å². The second kappa shape index (κ2) is 9.60. The lowest BCUT2D eigenvalue weighted by Crippen LogP contribution is -2.39. The Kier molecular flexibility index (Phi) is 6.92. The predicted octanol–water partition coefficient (Wildman–Crippen LogP) is 3.64. The quantitative estimate of drug-likeness (QED) is 0.776. The first-order valence-corrected chi connectivity index (χ1v) is 10.4. The molecule has 1 aromatic carbocycles. The van der Waals surface area contributed by atoms with E-state index in [1.54, 1.807) is 16.3 Å². The Bertz CT molecular complexity index is 915. The van der Waals surface area contributed by atoms with E-state index < -0.39 is 5.82 Å². The number of hydrogen-bond donors (Lipinski definition) is 2. The zero-order chi connectivity index (χ0) is 20.8. The summed E-state index contributed by atoms with van der Waals surface area (Å²) in [6.07, 6.45) is 4.35. The summed E-state index contributed by atoms with van der Waals surface area (Å²) >= 11 is 1.18. The second-order valence-corrected chi connectivity index (χ2v) is 7.80. The number of thiazole rings is 1. The van der Waals surface area contributed by atoms with Crippen molar-refractivity contribution in [2.45, 2.75) is 39.0 Å². The SMILES string of the molecule is CC(=O)Nc1ccc(-c2csc(NC(=O)CN3CCCCCCC3=O)n2)c(F)c1. The number of likely N-dealkylation sites (tertiary alicyclic amines) is 1. The number of benzene rings is 1. The highest BCUT2D eigenvalue weighted by molar-refractivity contribution is 7.14. The van der Waals surface area contributed by atoms with E-state index in [0.717, 1.165) is 25.7 Å². The Labute approximate surface area is 172 Å². The fraction of sp³-hybridized carbons (Fsp3) is 0.400. The van der Waals surface area contributed by atoms with Crippen LogP contribution in [-0.2, 0) is 14.4 Å². The summed E-state index contributed by atoms with van der Waals surface area (Å²) < 4.78 is 14.4. The van der Waals surface area contributed by atoms with Gasteiger partial charge >= 0.3 is 0 Å². The third-order valence-corrected chi connectivity index (χ3v) is 5.33. The van der Waals surface area contributed by atoms with Gasteiger partial charge in [-0.1, -0.05) is 12.8 Å². The van der Waals surface area contributed by atoms with Crippen LogP contribution in [0.15, 0.2) is 23.6 Å². The minimum Gasteiger partial charge on any atom is -0.333 e. The van der Waals surface area contributed by atoms with E-state index in [-0.39, 0.29) is 29.8 Å². The summed E-state index contributed by atoms with van der Waals surface area (Å²) in [5, 5.41) is 7.20. The van der Waals surface area contributed by atoms with E-state index in [2.05, 4.69) is 15.6 Å². The summed E-state index contributed by atoms with van der Waals surface area (Å²) in [7, 11) is 0. The zero-order valence-electron chi connectivity index (χ0n) is 16.2. The first kappa shape index (κ1) is 20.9. The molecule has 7 nitrogen and oxygen atoms in total. The molecule has 1 aliphatic heterocycles. The smallest absolute Gasteiger partial charge is 0.245 e. The van der Waals surface area contributed by atoms with Crippen molar-refractivity contribution in [2.24, 2.45) is 0 Å². The summed E-state index contributed by atoms with van der Waals surface area (Å²) in [5.41, 5.74) is 1.02. The van der Waals surface area contributed by atoms with Gasteiger partial charge in [-0.15, -0.1) is 11.3 Å². The van der Waals surface area contributed by atoms with Crippen LogP contribution >= 0.6 is 11.3 Å². The lowest BCUT2D eigenvalue weighted by Gasteiger charge is -2.23. The van der Waals surface area contributed by atoms with Crippen molar-refractivity contribution < 1.29 is 18.8 Å². The maximum absolute atomic E-state index is 14.4. The molecule has 1 fully saturated rings. The molecular formula is C20H23FN4O3S. The van der Waals surface area contributed by atoms with Gasteiger partial charge in [-0.25, -0.2) is 9.37 Å². The molecule has 3 rings (SSSR count). The number of halogens is 1. The van der Waals surface area contributed by atoms with Crippen LogP contribution in [0.3, 0.4) is 0 Å². The van der Waals surface area contributed by atoms with Gasteiger partial charge in [0, 0.05) is 36.5 Å². The van der Waals surface area contributed by atoms with E-state index in [0.29, 0.717) is 29.5 Å². The number of nitrogens with one attached hydrogen (secondary N) is 2. The molecule has 0 bridgehead atoms. The predicted molar refractivity (Wildman–Crippen MR) is 110 cm³/mol. The Morgan fingerprint density at radius 3 is 2.76 bits per heavy atom. The fourth-order valence-electron chi connectivity index (χ4n) is 3.17. The topological polar surface area (TPSA) is 91.4 Å². The molecule has 2 heterocycles. The van der Waals surface area contributed by atoms with E-state index in [4.69, 9.17) is 0 Å². The number of anilines is 2. The van der Waals surface area contributed by atoms with Gasteiger partial charge in [0.05, 0.1) is 12.2 Å². The third-order valence-electron chi connectivity index (χ3n) is 4.57. The number of aromatic nitrogens is 1. The fourth-order valence-corrected chi connectivity index (χ4v) is 3.90. The summed E-state index contributed by atoms with van der Waals surface area (Å²) in [6, 6.07) is 4.34. The Hall–Kier alpha value is -2.81. The van der Waals surface area contributed by atoms with Gasteiger partial charge < -0.3 is 15.5 Å². The van der Waals surface area contributed by atoms with Gasteiger partial charge in [-0.3, -0.25) is 14.4 Å². The van der Waals surface area contributed by atoms with E-state index in [9.17, 15) is 18.8 Å². The van der Waals surface area contributed by atoms with Crippen molar-refractivity contribution in [2.75, 3.05) is 23.7 Å². The van der Waals surface area contributed by atoms with Crippen LogP contribution in [0.2, 0.25) is 0 Å². The molecule has 2 N–H and O–H groups in total. The van der Waals surface area contributed by atoms with Crippen LogP contribution in [0, 0.1) is 5.82 Å². The van der Waals surface area contributed by atoms with Gasteiger partial charge in [0.2, 0.25) is 17.7 Å². The van der Waals surface area contributed by atoms with Crippen molar-refractivity contribution in [1.82, 2.24) is 9.88 Å². The molecule has 0 unspecified atom stereocenters. The van der Waals surface area contributed by atoms with E-state index >= 15 is 0 Å². The number of carbonyl (C=O) groups is 3. The molecule has 0 saturated carbocycles. The number of amides is 3. The number of carbonyl (C=O) groups excluding carboxylic acids is 3. The minimum absolute atomic E-state index is 0.000934. The first-order chi connectivity index (χ1) is 13.9. The van der Waals surface area contributed by atoms with Gasteiger partial charge in [-0.2, -0.15) is 0 Å². The second-order valence-electron chi connectivity index (χ2n) is 6.94. The van der Waals surface area contributed by atoms with Crippen LogP contribution in [0.25, 0.3) is 11.3 Å². The van der Waals surface area contributed by atoms with E-state index in [1.165, 1.54) is 30.4 Å². The van der Waals surface area contributed by atoms with Gasteiger partial charge in [0.15, 0.2) is 5.13 Å². The molecule has 0 radical (unpaired) electrons. The average Bonchev–Trinajstić information content (AvgIpc) is 3.09. The summed E-state index contributed by atoms with van der Waals surface area (Å²) in [6.45, 7) is 1.93. The van der Waals surface area contributed by atoms with Gasteiger partial charge in [-0.05, 0) is 31.0 Å². The van der Waals surface area contributed by atoms with Crippen molar-refractivity contribution in [3.63, 3.8) is 0 Å². The number of hydrogen-bond acceptors (Lipinski definition) is 5. The lowest BCUT2D eigenvalue weighted by molar-refractivity contribution is -0.135. The maximum atomic E-state index is 14.4. The Balaban J connectivity index is 1.63. The van der Waals surface area contributed by atoms with Gasteiger partial charge in [0.1, 0.15) is 5.82 Å². The molecule has 1 aromatic heterocycles. The molecule has 9 heteroatoms. The Morgan fingerprint density at radius 2 is 2.00 bits per heavy atom. The highest BCUT2D eigenvalue weighted by Gasteiger charge is 2.19. The van der Waals surface area contributed by atoms with Crippen LogP contribution in [0.5, 0.6) is 0 Å². The average molecular weight is 418 g/mol. The molecule has 1 saturated heterocycles. The van der Waals surface area contributed by atoms with Crippen LogP contribution in [-0.4, -0.2) is 40.7 Å². The largest absolute Gasteiger partial charge is 0.333 e. The lowest BCUT2D eigenvalue weighted by atomic mass is 10.1. The molecule has 154 valence electrons.